The molecule has 2 aromatic rings. The van der Waals surface area contributed by atoms with E-state index in [0.717, 1.165) is 42.6 Å². The number of aryl methyl sites for hydroxylation is 2. The van der Waals surface area contributed by atoms with Crippen molar-refractivity contribution in [1.29, 1.82) is 0 Å². The first kappa shape index (κ1) is 16.1. The van der Waals surface area contributed by atoms with Gasteiger partial charge < -0.3 is 10.1 Å². The summed E-state index contributed by atoms with van der Waals surface area (Å²) < 4.78 is 5.00. The number of benzene rings is 1. The first-order chi connectivity index (χ1) is 10.2. The van der Waals surface area contributed by atoms with E-state index < -0.39 is 0 Å². The smallest absolute Gasteiger partial charge is 0.148 e. The summed E-state index contributed by atoms with van der Waals surface area (Å²) in [6, 6.07) is 6.34. The number of ether oxygens (including phenoxy) is 1. The average Bonchev–Trinajstić information content (AvgIpc) is 2.94. The second-order valence-electron chi connectivity index (χ2n) is 5.09. The molecule has 1 aromatic heterocycles. The molecule has 0 atom stereocenters. The third kappa shape index (κ3) is 4.59. The molecule has 114 valence electrons. The predicted molar refractivity (Wildman–Crippen MR) is 87.9 cm³/mol. The highest BCUT2D eigenvalue weighted by molar-refractivity contribution is 7.14. The first-order valence-corrected chi connectivity index (χ1v) is 8.12. The lowest BCUT2D eigenvalue weighted by molar-refractivity contribution is 0.199. The van der Waals surface area contributed by atoms with Crippen molar-refractivity contribution in [3.8, 4) is 10.6 Å². The quantitative estimate of drug-likeness (QED) is 0.762. The van der Waals surface area contributed by atoms with Crippen molar-refractivity contribution in [2.24, 2.45) is 0 Å². The molecular formula is C16H23N3OS. The highest BCUT2D eigenvalue weighted by Crippen LogP contribution is 2.28. The van der Waals surface area contributed by atoms with Gasteiger partial charge in [-0.25, -0.2) is 0 Å². The fraction of sp³-hybridized carbons (Fsp3) is 0.500. The molecule has 0 saturated heterocycles. The monoisotopic (exact) mass is 305 g/mol. The number of nitrogens with one attached hydrogen (secondary N) is 1. The molecule has 0 unspecified atom stereocenters. The van der Waals surface area contributed by atoms with E-state index >= 15 is 0 Å². The van der Waals surface area contributed by atoms with Gasteiger partial charge in [-0.1, -0.05) is 29.5 Å². The molecular weight excluding hydrogens is 282 g/mol. The van der Waals surface area contributed by atoms with Gasteiger partial charge in [0.05, 0.1) is 6.61 Å². The van der Waals surface area contributed by atoms with E-state index in [1.165, 1.54) is 16.7 Å². The zero-order valence-electron chi connectivity index (χ0n) is 13.0. The second-order valence-corrected chi connectivity index (χ2v) is 6.16. The molecule has 0 bridgehead atoms. The van der Waals surface area contributed by atoms with Crippen LogP contribution in [0, 0.1) is 13.8 Å². The molecule has 21 heavy (non-hydrogen) atoms. The Morgan fingerprint density at radius 3 is 2.86 bits per heavy atom. The van der Waals surface area contributed by atoms with Crippen LogP contribution in [-0.4, -0.2) is 37.0 Å². The van der Waals surface area contributed by atoms with Gasteiger partial charge in [0, 0.05) is 25.6 Å². The van der Waals surface area contributed by atoms with Gasteiger partial charge in [-0.2, -0.15) is 0 Å². The topological polar surface area (TPSA) is 47.0 Å². The Morgan fingerprint density at radius 2 is 2.05 bits per heavy atom. The van der Waals surface area contributed by atoms with Gasteiger partial charge in [-0.05, 0) is 37.9 Å². The number of methoxy groups -OCH3 is 1. The minimum atomic E-state index is 0.760. The fourth-order valence-corrected chi connectivity index (χ4v) is 3.07. The van der Waals surface area contributed by atoms with E-state index in [2.05, 4.69) is 47.6 Å². The summed E-state index contributed by atoms with van der Waals surface area (Å²) in [5, 5.41) is 14.1. The summed E-state index contributed by atoms with van der Waals surface area (Å²) in [5.74, 6) is 0. The van der Waals surface area contributed by atoms with Crippen LogP contribution < -0.4 is 5.32 Å². The Kier molecular flexibility index (Phi) is 6.29. The van der Waals surface area contributed by atoms with Crippen molar-refractivity contribution in [2.75, 3.05) is 26.8 Å². The minimum absolute atomic E-state index is 0.760. The van der Waals surface area contributed by atoms with Crippen LogP contribution in [-0.2, 0) is 11.2 Å². The number of rotatable bonds is 8. The van der Waals surface area contributed by atoms with Crippen molar-refractivity contribution < 1.29 is 4.74 Å². The van der Waals surface area contributed by atoms with Gasteiger partial charge >= 0.3 is 0 Å². The summed E-state index contributed by atoms with van der Waals surface area (Å²) in [7, 11) is 1.72. The largest absolute Gasteiger partial charge is 0.383 e. The Labute approximate surface area is 130 Å². The maximum atomic E-state index is 5.00. The summed E-state index contributed by atoms with van der Waals surface area (Å²) in [6.07, 6.45) is 2.05. The number of hydrogen-bond donors (Lipinski definition) is 1. The summed E-state index contributed by atoms with van der Waals surface area (Å²) >= 11 is 1.70. The predicted octanol–water partition coefficient (Wildman–Crippen LogP) is 2.99. The number of nitrogens with zero attached hydrogens (tertiary/aromatic N) is 2. The highest BCUT2D eigenvalue weighted by Gasteiger charge is 2.09. The highest BCUT2D eigenvalue weighted by atomic mass is 32.1. The van der Waals surface area contributed by atoms with Crippen LogP contribution in [0.25, 0.3) is 10.6 Å². The zero-order chi connectivity index (χ0) is 15.1. The molecule has 0 aliphatic rings. The molecule has 0 fully saturated rings. The maximum absolute atomic E-state index is 5.00. The Morgan fingerprint density at radius 1 is 1.19 bits per heavy atom. The van der Waals surface area contributed by atoms with Gasteiger partial charge in [0.1, 0.15) is 10.0 Å². The van der Waals surface area contributed by atoms with Crippen molar-refractivity contribution in [2.45, 2.75) is 26.7 Å². The lowest BCUT2D eigenvalue weighted by Gasteiger charge is -2.04. The summed E-state index contributed by atoms with van der Waals surface area (Å²) in [6.45, 7) is 6.93. The lowest BCUT2D eigenvalue weighted by Crippen LogP contribution is -2.20. The number of hydrogen-bond acceptors (Lipinski definition) is 5. The fourth-order valence-electron chi connectivity index (χ4n) is 2.11. The zero-order valence-corrected chi connectivity index (χ0v) is 13.8. The van der Waals surface area contributed by atoms with Crippen molar-refractivity contribution in [1.82, 2.24) is 15.5 Å². The second kappa shape index (κ2) is 8.22. The van der Waals surface area contributed by atoms with Crippen molar-refractivity contribution in [3.05, 3.63) is 34.3 Å². The molecule has 1 heterocycles. The average molecular weight is 305 g/mol. The normalized spacial score (nSPS) is 11.0. The molecule has 1 N–H and O–H groups in total. The molecule has 0 spiro atoms. The van der Waals surface area contributed by atoms with Gasteiger partial charge in [-0.15, -0.1) is 10.2 Å². The Hall–Kier alpha value is -1.30. The van der Waals surface area contributed by atoms with E-state index in [0.29, 0.717) is 0 Å². The molecule has 0 aliphatic carbocycles. The summed E-state index contributed by atoms with van der Waals surface area (Å²) in [4.78, 5) is 0. The SMILES string of the molecule is COCCNCCCc1nnc(-c2cccc(C)c2C)s1. The molecule has 5 heteroatoms. The van der Waals surface area contributed by atoms with Crippen LogP contribution in [0.1, 0.15) is 22.6 Å². The molecule has 0 saturated carbocycles. The van der Waals surface area contributed by atoms with Gasteiger partial charge in [-0.3, -0.25) is 0 Å². The number of aromatic nitrogens is 2. The Bertz CT molecular complexity index is 568. The van der Waals surface area contributed by atoms with E-state index in [-0.39, 0.29) is 0 Å². The molecule has 0 amide bonds. The Balaban J connectivity index is 1.88. The van der Waals surface area contributed by atoms with Crippen LogP contribution in [0.5, 0.6) is 0 Å². The first-order valence-electron chi connectivity index (χ1n) is 7.31. The molecule has 2 rings (SSSR count). The van der Waals surface area contributed by atoms with Crippen molar-refractivity contribution >= 4 is 11.3 Å². The van der Waals surface area contributed by atoms with Gasteiger partial charge in [0.2, 0.25) is 0 Å². The van der Waals surface area contributed by atoms with E-state index in [1.807, 2.05) is 0 Å². The minimum Gasteiger partial charge on any atom is -0.383 e. The van der Waals surface area contributed by atoms with Gasteiger partial charge in [0.25, 0.3) is 0 Å². The maximum Gasteiger partial charge on any atom is 0.148 e. The molecule has 0 radical (unpaired) electrons. The van der Waals surface area contributed by atoms with Crippen LogP contribution in [0.2, 0.25) is 0 Å². The van der Waals surface area contributed by atoms with Gasteiger partial charge in [0.15, 0.2) is 0 Å². The molecule has 1 aromatic carbocycles. The van der Waals surface area contributed by atoms with E-state index in [1.54, 1.807) is 18.4 Å². The molecule has 0 aliphatic heterocycles. The van der Waals surface area contributed by atoms with Crippen LogP contribution >= 0.6 is 11.3 Å². The lowest BCUT2D eigenvalue weighted by atomic mass is 10.0. The van der Waals surface area contributed by atoms with E-state index in [4.69, 9.17) is 4.74 Å². The third-order valence-electron chi connectivity index (χ3n) is 3.53. The van der Waals surface area contributed by atoms with Crippen LogP contribution in [0.3, 0.4) is 0 Å². The van der Waals surface area contributed by atoms with Crippen molar-refractivity contribution in [3.63, 3.8) is 0 Å². The standard InChI is InChI=1S/C16H23N3OS/c1-12-6-4-7-14(13(12)2)16-19-18-15(21-16)8-5-9-17-10-11-20-3/h4,6-7,17H,5,8-11H2,1-3H3. The molecule has 4 nitrogen and oxygen atoms in total. The van der Waals surface area contributed by atoms with Crippen LogP contribution in [0.4, 0.5) is 0 Å². The van der Waals surface area contributed by atoms with Crippen LogP contribution in [0.15, 0.2) is 18.2 Å². The van der Waals surface area contributed by atoms with E-state index in [9.17, 15) is 0 Å². The summed E-state index contributed by atoms with van der Waals surface area (Å²) in [5.41, 5.74) is 3.80. The third-order valence-corrected chi connectivity index (χ3v) is 4.55.